The van der Waals surface area contributed by atoms with Gasteiger partial charge in [-0.15, -0.1) is 0 Å². The molecule has 1 amide bonds. The van der Waals surface area contributed by atoms with E-state index in [-0.39, 0.29) is 11.9 Å². The number of nitrogens with zero attached hydrogens (tertiary/aromatic N) is 2. The van der Waals surface area contributed by atoms with Crippen LogP contribution in [0.25, 0.3) is 0 Å². The highest BCUT2D eigenvalue weighted by molar-refractivity contribution is 5.95. The molecule has 1 aromatic carbocycles. The van der Waals surface area contributed by atoms with Gasteiger partial charge in [0.25, 0.3) is 5.91 Å². The molecule has 1 atom stereocenters. The first kappa shape index (κ1) is 23.6. The Bertz CT molecular complexity index is 959. The molecule has 7 heteroatoms. The summed E-state index contributed by atoms with van der Waals surface area (Å²) in [6.45, 7) is 4.51. The molecule has 0 N–H and O–H groups in total. The fourth-order valence-electron chi connectivity index (χ4n) is 4.19. The summed E-state index contributed by atoms with van der Waals surface area (Å²) in [7, 11) is 3.25. The lowest BCUT2D eigenvalue weighted by molar-refractivity contribution is 0.0521. The summed E-state index contributed by atoms with van der Waals surface area (Å²) in [5.74, 6) is 0.921. The van der Waals surface area contributed by atoms with Crippen molar-refractivity contribution in [1.29, 1.82) is 0 Å². The van der Waals surface area contributed by atoms with Crippen LogP contribution in [0, 0.1) is 6.92 Å². The van der Waals surface area contributed by atoms with E-state index in [0.717, 1.165) is 44.2 Å². The smallest absolute Gasteiger partial charge is 0.339 e. The molecule has 1 saturated heterocycles. The van der Waals surface area contributed by atoms with E-state index >= 15 is 0 Å². The molecule has 7 nitrogen and oxygen atoms in total. The molecule has 1 fully saturated rings. The van der Waals surface area contributed by atoms with Gasteiger partial charge >= 0.3 is 5.97 Å². The molecule has 32 heavy (non-hydrogen) atoms. The van der Waals surface area contributed by atoms with Crippen LogP contribution in [0.15, 0.2) is 30.3 Å². The van der Waals surface area contributed by atoms with Crippen molar-refractivity contribution in [2.45, 2.75) is 52.0 Å². The van der Waals surface area contributed by atoms with Crippen LogP contribution >= 0.6 is 0 Å². The molecular weight excluding hydrogens is 408 g/mol. The van der Waals surface area contributed by atoms with Crippen molar-refractivity contribution in [2.75, 3.05) is 27.4 Å². The monoisotopic (exact) mass is 440 g/mol. The van der Waals surface area contributed by atoms with Crippen molar-refractivity contribution in [3.05, 3.63) is 52.8 Å². The molecule has 1 aromatic heterocycles. The summed E-state index contributed by atoms with van der Waals surface area (Å²) in [5, 5.41) is 0. The number of likely N-dealkylation sites (tertiary alicyclic amines) is 1. The van der Waals surface area contributed by atoms with Crippen molar-refractivity contribution in [2.24, 2.45) is 0 Å². The number of carbonyl (C=O) groups excluding carboxylic acids is 2. The van der Waals surface area contributed by atoms with Crippen molar-refractivity contribution in [3.8, 4) is 11.5 Å². The van der Waals surface area contributed by atoms with Crippen molar-refractivity contribution < 1.29 is 23.8 Å². The number of hydrogen-bond donors (Lipinski definition) is 0. The molecule has 0 radical (unpaired) electrons. The van der Waals surface area contributed by atoms with Gasteiger partial charge in [-0.2, -0.15) is 0 Å². The molecule has 1 aliphatic heterocycles. The number of piperidine rings is 1. The normalized spacial score (nSPS) is 15.9. The lowest BCUT2D eigenvalue weighted by atomic mass is 9.95. The third-order valence-electron chi connectivity index (χ3n) is 5.90. The van der Waals surface area contributed by atoms with Gasteiger partial charge in [-0.05, 0) is 75.8 Å². The molecule has 0 aliphatic carbocycles. The number of aromatic nitrogens is 1. The number of aryl methyl sites for hydroxylation is 2. The maximum Gasteiger partial charge on any atom is 0.339 e. The number of methoxy groups -OCH3 is 2. The Kier molecular flexibility index (Phi) is 8.09. The Morgan fingerprint density at radius 1 is 1.09 bits per heavy atom. The number of amides is 1. The van der Waals surface area contributed by atoms with Gasteiger partial charge in [0.1, 0.15) is 5.69 Å². The highest BCUT2D eigenvalue weighted by Crippen LogP contribution is 2.29. The standard InChI is InChI=1S/C25H32N2O5/c1-5-32-25(29)20-12-13-21(26-17(20)2)24(28)27-15-7-6-8-19(27)11-9-18-10-14-22(30-3)23(16-18)31-4/h10,12-14,16,19H,5-9,11,15H2,1-4H3. The molecule has 0 saturated carbocycles. The minimum absolute atomic E-state index is 0.0829. The minimum Gasteiger partial charge on any atom is -0.493 e. The number of benzene rings is 1. The van der Waals surface area contributed by atoms with E-state index in [1.165, 1.54) is 0 Å². The third kappa shape index (κ3) is 5.39. The number of rotatable bonds is 8. The summed E-state index contributed by atoms with van der Waals surface area (Å²) in [6, 6.07) is 9.35. The lowest BCUT2D eigenvalue weighted by Gasteiger charge is -2.36. The SMILES string of the molecule is CCOC(=O)c1ccc(C(=O)N2CCCCC2CCc2ccc(OC)c(OC)c2)nc1C. The van der Waals surface area contributed by atoms with Crippen molar-refractivity contribution >= 4 is 11.9 Å². The second kappa shape index (κ2) is 11.0. The van der Waals surface area contributed by atoms with E-state index in [1.54, 1.807) is 40.2 Å². The van der Waals surface area contributed by atoms with E-state index in [9.17, 15) is 9.59 Å². The first-order valence-electron chi connectivity index (χ1n) is 11.1. The van der Waals surface area contributed by atoms with E-state index in [2.05, 4.69) is 4.98 Å². The second-order valence-corrected chi connectivity index (χ2v) is 7.93. The maximum atomic E-state index is 13.3. The summed E-state index contributed by atoms with van der Waals surface area (Å²) in [4.78, 5) is 31.7. The predicted molar refractivity (Wildman–Crippen MR) is 121 cm³/mol. The van der Waals surface area contributed by atoms with Gasteiger partial charge in [0, 0.05) is 12.6 Å². The summed E-state index contributed by atoms with van der Waals surface area (Å²) in [6.07, 6.45) is 4.76. The summed E-state index contributed by atoms with van der Waals surface area (Å²) < 4.78 is 15.8. The van der Waals surface area contributed by atoms with Crippen LogP contribution in [0.4, 0.5) is 0 Å². The Morgan fingerprint density at radius 3 is 2.56 bits per heavy atom. The maximum absolute atomic E-state index is 13.3. The van der Waals surface area contributed by atoms with Gasteiger partial charge in [0.15, 0.2) is 11.5 Å². The number of pyridine rings is 1. The molecule has 2 aromatic rings. The van der Waals surface area contributed by atoms with Crippen molar-refractivity contribution in [3.63, 3.8) is 0 Å². The number of carbonyl (C=O) groups is 2. The van der Waals surface area contributed by atoms with Gasteiger partial charge in [-0.25, -0.2) is 9.78 Å². The van der Waals surface area contributed by atoms with E-state index < -0.39 is 5.97 Å². The van der Waals surface area contributed by atoms with Gasteiger partial charge < -0.3 is 19.1 Å². The predicted octanol–water partition coefficient (Wildman–Crippen LogP) is 4.21. The molecular formula is C25H32N2O5. The number of hydrogen-bond acceptors (Lipinski definition) is 6. The van der Waals surface area contributed by atoms with Crippen LogP contribution in [-0.4, -0.2) is 55.2 Å². The Labute approximate surface area is 189 Å². The first-order valence-corrected chi connectivity index (χ1v) is 11.1. The zero-order valence-electron chi connectivity index (χ0n) is 19.3. The van der Waals surface area contributed by atoms with Gasteiger partial charge in [0.05, 0.1) is 32.1 Å². The lowest BCUT2D eigenvalue weighted by Crippen LogP contribution is -2.44. The molecule has 0 bridgehead atoms. The second-order valence-electron chi connectivity index (χ2n) is 7.93. The average molecular weight is 441 g/mol. The van der Waals surface area contributed by atoms with Crippen LogP contribution in [0.1, 0.15) is 64.7 Å². The number of ether oxygens (including phenoxy) is 3. The molecule has 0 spiro atoms. The van der Waals surface area contributed by atoms with Crippen LogP contribution in [0.5, 0.6) is 11.5 Å². The number of esters is 1. The zero-order chi connectivity index (χ0) is 23.1. The Balaban J connectivity index is 1.71. The fraction of sp³-hybridized carbons (Fsp3) is 0.480. The zero-order valence-corrected chi connectivity index (χ0v) is 19.3. The van der Waals surface area contributed by atoms with Gasteiger partial charge in [-0.3, -0.25) is 4.79 Å². The van der Waals surface area contributed by atoms with Crippen LogP contribution in [-0.2, 0) is 11.2 Å². The molecule has 3 rings (SSSR count). The largest absolute Gasteiger partial charge is 0.493 e. The third-order valence-corrected chi connectivity index (χ3v) is 5.90. The highest BCUT2D eigenvalue weighted by atomic mass is 16.5. The van der Waals surface area contributed by atoms with Gasteiger partial charge in [0.2, 0.25) is 0 Å². The Hall–Kier alpha value is -3.09. The minimum atomic E-state index is -0.415. The van der Waals surface area contributed by atoms with Crippen molar-refractivity contribution in [1.82, 2.24) is 9.88 Å². The van der Waals surface area contributed by atoms with E-state index in [4.69, 9.17) is 14.2 Å². The molecule has 172 valence electrons. The van der Waals surface area contributed by atoms with E-state index in [1.807, 2.05) is 23.1 Å². The molecule has 1 unspecified atom stereocenters. The van der Waals surface area contributed by atoms with Crippen LogP contribution < -0.4 is 9.47 Å². The topological polar surface area (TPSA) is 78.0 Å². The van der Waals surface area contributed by atoms with Crippen LogP contribution in [0.2, 0.25) is 0 Å². The van der Waals surface area contributed by atoms with Gasteiger partial charge in [-0.1, -0.05) is 6.07 Å². The fourth-order valence-corrected chi connectivity index (χ4v) is 4.19. The quantitative estimate of drug-likeness (QED) is 0.572. The summed E-state index contributed by atoms with van der Waals surface area (Å²) >= 11 is 0. The molecule has 2 heterocycles. The van der Waals surface area contributed by atoms with Crippen LogP contribution in [0.3, 0.4) is 0 Å². The highest BCUT2D eigenvalue weighted by Gasteiger charge is 2.28. The average Bonchev–Trinajstić information content (AvgIpc) is 2.82. The summed E-state index contributed by atoms with van der Waals surface area (Å²) in [5.41, 5.74) is 2.42. The van der Waals surface area contributed by atoms with E-state index in [0.29, 0.717) is 35.1 Å². The molecule has 1 aliphatic rings. The first-order chi connectivity index (χ1) is 15.5. The Morgan fingerprint density at radius 2 is 1.88 bits per heavy atom.